The van der Waals surface area contributed by atoms with E-state index in [1.165, 1.54) is 48.3 Å². The van der Waals surface area contributed by atoms with Crippen LogP contribution in [-0.2, 0) is 6.42 Å². The van der Waals surface area contributed by atoms with E-state index in [1.807, 2.05) is 11.8 Å². The lowest BCUT2D eigenvalue weighted by Crippen LogP contribution is -1.86. The molecule has 0 aliphatic carbocycles. The van der Waals surface area contributed by atoms with Crippen molar-refractivity contribution in [2.75, 3.05) is 5.75 Å². The largest absolute Gasteiger partial charge is 0.126 e. The number of rotatable bonds is 8. The Morgan fingerprint density at radius 1 is 1.19 bits per heavy atom. The van der Waals surface area contributed by atoms with Crippen molar-refractivity contribution in [1.82, 2.24) is 0 Å². The zero-order chi connectivity index (χ0) is 11.6. The summed E-state index contributed by atoms with van der Waals surface area (Å²) in [6.45, 7) is 6.14. The summed E-state index contributed by atoms with van der Waals surface area (Å²) in [5, 5.41) is 0. The summed E-state index contributed by atoms with van der Waals surface area (Å²) in [6.07, 6.45) is 7.41. The van der Waals surface area contributed by atoms with Crippen molar-refractivity contribution >= 4 is 11.8 Å². The number of hydrogen-bond acceptors (Lipinski definition) is 1. The molecule has 0 aromatic heterocycles. The lowest BCUT2D eigenvalue weighted by atomic mass is 10.1. The molecule has 0 saturated carbocycles. The van der Waals surface area contributed by atoms with Gasteiger partial charge in [-0.15, -0.1) is 11.8 Å². The van der Waals surface area contributed by atoms with Crippen LogP contribution in [0.25, 0.3) is 0 Å². The minimum absolute atomic E-state index is 1.04. The molecule has 1 aromatic carbocycles. The molecule has 0 N–H and O–H groups in total. The summed E-state index contributed by atoms with van der Waals surface area (Å²) in [4.78, 5) is 1.43. The Bertz CT molecular complexity index is 281. The number of benzene rings is 1. The van der Waals surface area contributed by atoms with Gasteiger partial charge in [0.25, 0.3) is 0 Å². The van der Waals surface area contributed by atoms with Crippen molar-refractivity contribution in [3.63, 3.8) is 0 Å². The van der Waals surface area contributed by atoms with Crippen molar-refractivity contribution in [1.29, 1.82) is 0 Å². The first-order valence-electron chi connectivity index (χ1n) is 6.37. The molecule has 89 valence electrons. The fourth-order valence-corrected chi connectivity index (χ4v) is 2.66. The minimum Gasteiger partial charge on any atom is -0.126 e. The Hall–Kier alpha value is -0.430. The third-order valence-corrected chi connectivity index (χ3v) is 3.71. The highest BCUT2D eigenvalue weighted by molar-refractivity contribution is 7.99. The highest BCUT2D eigenvalue weighted by Crippen LogP contribution is 2.21. The highest BCUT2D eigenvalue weighted by atomic mass is 32.2. The van der Waals surface area contributed by atoms with Gasteiger partial charge in [0, 0.05) is 4.90 Å². The fraction of sp³-hybridized carbons (Fsp3) is 0.533. The maximum Gasteiger partial charge on any atom is 0.00746 e. The quantitative estimate of drug-likeness (QED) is 0.445. The fourth-order valence-electron chi connectivity index (χ4n) is 1.66. The van der Waals surface area contributed by atoms with Crippen LogP contribution in [0.2, 0.25) is 0 Å². The van der Waals surface area contributed by atoms with Crippen LogP contribution in [0.3, 0.4) is 0 Å². The molecule has 0 unspecified atom stereocenters. The number of thioether (sulfide) groups is 1. The number of unbranched alkanes of at least 4 members (excludes halogenated alkanes) is 3. The van der Waals surface area contributed by atoms with Crippen LogP contribution in [0.5, 0.6) is 0 Å². The van der Waals surface area contributed by atoms with E-state index in [0.717, 1.165) is 6.42 Å². The summed E-state index contributed by atoms with van der Waals surface area (Å²) in [5.41, 5.74) is 1.46. The van der Waals surface area contributed by atoms with E-state index in [0.29, 0.717) is 0 Å². The van der Waals surface area contributed by atoms with E-state index in [4.69, 9.17) is 0 Å². The number of aryl methyl sites for hydroxylation is 1. The van der Waals surface area contributed by atoms with Gasteiger partial charge < -0.3 is 0 Å². The highest BCUT2D eigenvalue weighted by Gasteiger charge is 1.97. The molecule has 1 heteroatoms. The first kappa shape index (κ1) is 13.6. The third kappa shape index (κ3) is 5.60. The Morgan fingerprint density at radius 2 is 2.06 bits per heavy atom. The molecule has 0 atom stereocenters. The first-order chi connectivity index (χ1) is 7.86. The average molecular weight is 235 g/mol. The van der Waals surface area contributed by atoms with Gasteiger partial charge in [-0.3, -0.25) is 0 Å². The summed E-state index contributed by atoms with van der Waals surface area (Å²) in [7, 11) is 0. The molecule has 0 aliphatic heterocycles. The van der Waals surface area contributed by atoms with Crippen molar-refractivity contribution in [2.45, 2.75) is 50.3 Å². The first-order valence-corrected chi connectivity index (χ1v) is 7.36. The monoisotopic (exact) mass is 235 g/mol. The maximum absolute atomic E-state index is 3.89. The standard InChI is InChI=1S/C15H23S/c1-3-5-7-12-16-15-11-8-10-14(13-15)9-6-4-2/h8,10-11,13H,2-7,9,12H2,1H3. The van der Waals surface area contributed by atoms with Gasteiger partial charge >= 0.3 is 0 Å². The maximum atomic E-state index is 3.89. The van der Waals surface area contributed by atoms with Crippen LogP contribution < -0.4 is 0 Å². The van der Waals surface area contributed by atoms with E-state index < -0.39 is 0 Å². The summed E-state index contributed by atoms with van der Waals surface area (Å²) < 4.78 is 0. The predicted octanol–water partition coefficient (Wildman–Crippen LogP) is 5.13. The molecular weight excluding hydrogens is 212 g/mol. The van der Waals surface area contributed by atoms with Crippen molar-refractivity contribution in [3.8, 4) is 0 Å². The van der Waals surface area contributed by atoms with Crippen LogP contribution >= 0.6 is 11.8 Å². The molecular formula is C15H23S. The van der Waals surface area contributed by atoms with Gasteiger partial charge in [-0.1, -0.05) is 45.2 Å². The van der Waals surface area contributed by atoms with E-state index in [1.54, 1.807) is 0 Å². The smallest absolute Gasteiger partial charge is 0.00746 e. The molecule has 1 radical (unpaired) electrons. The molecule has 0 nitrogen and oxygen atoms in total. The normalized spacial score (nSPS) is 10.6. The van der Waals surface area contributed by atoms with Gasteiger partial charge in [-0.25, -0.2) is 0 Å². The third-order valence-electron chi connectivity index (χ3n) is 2.63. The van der Waals surface area contributed by atoms with Crippen molar-refractivity contribution in [2.24, 2.45) is 0 Å². The van der Waals surface area contributed by atoms with Crippen LogP contribution in [0, 0.1) is 6.92 Å². The zero-order valence-corrected chi connectivity index (χ0v) is 11.2. The van der Waals surface area contributed by atoms with Gasteiger partial charge in [0.1, 0.15) is 0 Å². The van der Waals surface area contributed by atoms with Crippen LogP contribution in [0.15, 0.2) is 29.2 Å². The molecule has 0 heterocycles. The Morgan fingerprint density at radius 3 is 2.81 bits per heavy atom. The molecule has 0 aliphatic rings. The van der Waals surface area contributed by atoms with Crippen molar-refractivity contribution < 1.29 is 0 Å². The second-order valence-electron chi connectivity index (χ2n) is 4.16. The van der Waals surface area contributed by atoms with E-state index >= 15 is 0 Å². The molecule has 0 bridgehead atoms. The summed E-state index contributed by atoms with van der Waals surface area (Å²) >= 11 is 1.99. The van der Waals surface area contributed by atoms with E-state index in [2.05, 4.69) is 38.1 Å². The van der Waals surface area contributed by atoms with Gasteiger partial charge in [-0.05, 0) is 42.7 Å². The van der Waals surface area contributed by atoms with Crippen LogP contribution in [-0.4, -0.2) is 5.75 Å². The van der Waals surface area contributed by atoms with Gasteiger partial charge in [-0.2, -0.15) is 0 Å². The lowest BCUT2D eigenvalue weighted by Gasteiger charge is -2.04. The summed E-state index contributed by atoms with van der Waals surface area (Å²) in [5.74, 6) is 1.26. The predicted molar refractivity (Wildman–Crippen MR) is 75.0 cm³/mol. The Labute approximate surface area is 105 Å². The second-order valence-corrected chi connectivity index (χ2v) is 5.33. The molecule has 0 amide bonds. The molecule has 1 rings (SSSR count). The lowest BCUT2D eigenvalue weighted by molar-refractivity contribution is 0.778. The Kier molecular flexibility index (Phi) is 7.41. The zero-order valence-electron chi connectivity index (χ0n) is 10.4. The van der Waals surface area contributed by atoms with Crippen LogP contribution in [0.4, 0.5) is 0 Å². The number of hydrogen-bond donors (Lipinski definition) is 0. The van der Waals surface area contributed by atoms with E-state index in [-0.39, 0.29) is 0 Å². The molecule has 0 saturated heterocycles. The second kappa shape index (κ2) is 8.69. The topological polar surface area (TPSA) is 0 Å². The van der Waals surface area contributed by atoms with Gasteiger partial charge in [0.15, 0.2) is 0 Å². The molecule has 0 fully saturated rings. The molecule has 1 aromatic rings. The summed E-state index contributed by atoms with van der Waals surface area (Å²) in [6, 6.07) is 8.98. The average Bonchev–Trinajstić information content (AvgIpc) is 2.33. The molecule has 16 heavy (non-hydrogen) atoms. The van der Waals surface area contributed by atoms with Gasteiger partial charge in [0.05, 0.1) is 0 Å². The van der Waals surface area contributed by atoms with Gasteiger partial charge in [0.2, 0.25) is 0 Å². The SMILES string of the molecule is [CH2]CCCc1cccc(SCCCCC)c1. The van der Waals surface area contributed by atoms with E-state index in [9.17, 15) is 0 Å². The molecule has 0 spiro atoms. The van der Waals surface area contributed by atoms with Crippen LogP contribution in [0.1, 0.15) is 44.6 Å². The van der Waals surface area contributed by atoms with Crippen molar-refractivity contribution in [3.05, 3.63) is 36.8 Å². The Balaban J connectivity index is 2.35. The minimum atomic E-state index is 1.04.